The fourth-order valence-corrected chi connectivity index (χ4v) is 4.46. The monoisotopic (exact) mass is 410 g/mol. The molecule has 0 saturated heterocycles. The molecule has 3 aromatic rings. The first-order valence-electron chi connectivity index (χ1n) is 8.91. The molecule has 0 aliphatic carbocycles. The van der Waals surface area contributed by atoms with Gasteiger partial charge in [-0.05, 0) is 31.0 Å². The van der Waals surface area contributed by atoms with Gasteiger partial charge < -0.3 is 5.32 Å². The zero-order chi connectivity index (χ0) is 19.7. The lowest BCUT2D eigenvalue weighted by Gasteiger charge is -2.27. The van der Waals surface area contributed by atoms with Crippen molar-refractivity contribution >= 4 is 35.1 Å². The lowest BCUT2D eigenvalue weighted by atomic mass is 9.93. The highest BCUT2D eigenvalue weighted by molar-refractivity contribution is 7.98. The smallest absolute Gasteiger partial charge is 0.227 e. The van der Waals surface area contributed by atoms with Crippen molar-refractivity contribution in [3.63, 3.8) is 0 Å². The van der Waals surface area contributed by atoms with Crippen LogP contribution in [0.3, 0.4) is 0 Å². The van der Waals surface area contributed by atoms with Crippen LogP contribution in [0, 0.1) is 0 Å². The molecular weight excluding hydrogens is 392 g/mol. The van der Waals surface area contributed by atoms with Crippen LogP contribution in [0.15, 0.2) is 71.0 Å². The predicted molar refractivity (Wildman–Crippen MR) is 113 cm³/mol. The van der Waals surface area contributed by atoms with Crippen molar-refractivity contribution in [3.05, 3.63) is 82.0 Å². The van der Waals surface area contributed by atoms with E-state index >= 15 is 0 Å². The van der Waals surface area contributed by atoms with Gasteiger partial charge in [0.25, 0.3) is 0 Å². The quantitative estimate of drug-likeness (QED) is 0.593. The van der Waals surface area contributed by atoms with Gasteiger partial charge in [-0.1, -0.05) is 71.9 Å². The SMILES string of the molecule is CC(=O)C1=C(C)Nc2nc(SCc3ccccc3Cl)nn2C1c1ccccc1. The molecule has 0 radical (unpaired) electrons. The largest absolute Gasteiger partial charge is 0.328 e. The number of allylic oxidation sites excluding steroid dienone is 2. The molecule has 1 aliphatic heterocycles. The number of hydrogen-bond donors (Lipinski definition) is 1. The second kappa shape index (κ2) is 7.81. The minimum atomic E-state index is -0.294. The van der Waals surface area contributed by atoms with Crippen LogP contribution in [0.25, 0.3) is 0 Å². The van der Waals surface area contributed by atoms with Crippen molar-refractivity contribution in [2.75, 3.05) is 5.32 Å². The van der Waals surface area contributed by atoms with E-state index < -0.39 is 0 Å². The molecule has 0 saturated carbocycles. The van der Waals surface area contributed by atoms with E-state index in [4.69, 9.17) is 16.7 Å². The maximum absolute atomic E-state index is 12.4. The number of fused-ring (bicyclic) bond motifs is 1. The van der Waals surface area contributed by atoms with Crippen LogP contribution in [0.5, 0.6) is 0 Å². The van der Waals surface area contributed by atoms with Crippen LogP contribution in [0.1, 0.15) is 31.0 Å². The number of thioether (sulfide) groups is 1. The number of carbonyl (C=O) groups is 1. The number of aromatic nitrogens is 3. The maximum atomic E-state index is 12.4. The molecule has 2 aromatic carbocycles. The highest BCUT2D eigenvalue weighted by atomic mass is 35.5. The van der Waals surface area contributed by atoms with Gasteiger partial charge in [-0.3, -0.25) is 4.79 Å². The first-order chi connectivity index (χ1) is 13.5. The first-order valence-corrected chi connectivity index (χ1v) is 10.3. The van der Waals surface area contributed by atoms with Gasteiger partial charge in [-0.2, -0.15) is 4.98 Å². The van der Waals surface area contributed by atoms with Crippen molar-refractivity contribution < 1.29 is 4.79 Å². The summed E-state index contributed by atoms with van der Waals surface area (Å²) in [6.45, 7) is 3.49. The molecule has 1 aromatic heterocycles. The number of benzene rings is 2. The standard InChI is InChI=1S/C21H19ClN4OS/c1-13-18(14(2)27)19(15-8-4-3-5-9-15)26-20(23-13)24-21(25-26)28-12-16-10-6-7-11-17(16)22/h3-11,19H,12H2,1-2H3,(H,23,24,25). The van der Waals surface area contributed by atoms with Gasteiger partial charge in [-0.25, -0.2) is 4.68 Å². The number of rotatable bonds is 5. The Balaban J connectivity index is 1.68. The number of nitrogens with one attached hydrogen (secondary N) is 1. The zero-order valence-electron chi connectivity index (χ0n) is 15.5. The summed E-state index contributed by atoms with van der Waals surface area (Å²) < 4.78 is 1.80. The summed E-state index contributed by atoms with van der Waals surface area (Å²) in [5, 5.41) is 9.30. The first kappa shape index (κ1) is 18.8. The van der Waals surface area contributed by atoms with Gasteiger partial charge in [0.05, 0.1) is 0 Å². The Hall–Kier alpha value is -2.57. The van der Waals surface area contributed by atoms with Crippen LogP contribution < -0.4 is 5.32 Å². The normalized spacial score (nSPS) is 15.9. The van der Waals surface area contributed by atoms with Gasteiger partial charge in [0.2, 0.25) is 11.1 Å². The van der Waals surface area contributed by atoms with Crippen molar-refractivity contribution in [2.45, 2.75) is 30.8 Å². The van der Waals surface area contributed by atoms with Gasteiger partial charge in [0, 0.05) is 22.0 Å². The molecular formula is C21H19ClN4OS. The third-order valence-electron chi connectivity index (χ3n) is 4.64. The average molecular weight is 411 g/mol. The summed E-state index contributed by atoms with van der Waals surface area (Å²) in [7, 11) is 0. The van der Waals surface area contributed by atoms with E-state index in [-0.39, 0.29) is 11.8 Å². The number of ketones is 1. The fraction of sp³-hybridized carbons (Fsp3) is 0.190. The Labute approximate surface area is 172 Å². The van der Waals surface area contributed by atoms with Crippen molar-refractivity contribution in [3.8, 4) is 0 Å². The second-order valence-electron chi connectivity index (χ2n) is 6.58. The molecule has 0 spiro atoms. The topological polar surface area (TPSA) is 59.8 Å². The van der Waals surface area contributed by atoms with E-state index in [0.717, 1.165) is 21.8 Å². The van der Waals surface area contributed by atoms with Gasteiger partial charge in [0.15, 0.2) is 5.78 Å². The van der Waals surface area contributed by atoms with Crippen molar-refractivity contribution in [2.24, 2.45) is 0 Å². The summed E-state index contributed by atoms with van der Waals surface area (Å²) in [5.41, 5.74) is 3.55. The summed E-state index contributed by atoms with van der Waals surface area (Å²) in [6, 6.07) is 17.4. The van der Waals surface area contributed by atoms with E-state index in [1.165, 1.54) is 11.8 Å². The molecule has 7 heteroatoms. The summed E-state index contributed by atoms with van der Waals surface area (Å²) in [5.74, 6) is 1.33. The Morgan fingerprint density at radius 2 is 1.89 bits per heavy atom. The fourth-order valence-electron chi connectivity index (χ4n) is 3.35. The van der Waals surface area contributed by atoms with Crippen molar-refractivity contribution in [1.29, 1.82) is 0 Å². The predicted octanol–water partition coefficient (Wildman–Crippen LogP) is 5.10. The Morgan fingerprint density at radius 1 is 1.18 bits per heavy atom. The van der Waals surface area contributed by atoms with E-state index in [9.17, 15) is 4.79 Å². The molecule has 4 rings (SSSR count). The van der Waals surface area contributed by atoms with Gasteiger partial charge >= 0.3 is 0 Å². The molecule has 28 heavy (non-hydrogen) atoms. The summed E-state index contributed by atoms with van der Waals surface area (Å²) >= 11 is 7.77. The molecule has 1 unspecified atom stereocenters. The molecule has 1 aliphatic rings. The number of anilines is 1. The third kappa shape index (κ3) is 3.57. The van der Waals surface area contributed by atoms with E-state index in [2.05, 4.69) is 10.3 Å². The van der Waals surface area contributed by atoms with Gasteiger partial charge in [0.1, 0.15) is 6.04 Å². The summed E-state index contributed by atoms with van der Waals surface area (Å²) in [6.07, 6.45) is 0. The highest BCUT2D eigenvalue weighted by Gasteiger charge is 2.32. The number of halogens is 1. The number of nitrogens with zero attached hydrogens (tertiary/aromatic N) is 3. The molecule has 0 bridgehead atoms. The van der Waals surface area contributed by atoms with Crippen LogP contribution in [0.4, 0.5) is 5.95 Å². The molecule has 2 heterocycles. The maximum Gasteiger partial charge on any atom is 0.227 e. The average Bonchev–Trinajstić information content (AvgIpc) is 3.09. The van der Waals surface area contributed by atoms with Crippen LogP contribution in [-0.4, -0.2) is 20.5 Å². The molecule has 142 valence electrons. The minimum Gasteiger partial charge on any atom is -0.328 e. The Kier molecular flexibility index (Phi) is 5.24. The minimum absolute atomic E-state index is 0.0188. The molecule has 0 fully saturated rings. The molecule has 1 N–H and O–H groups in total. The highest BCUT2D eigenvalue weighted by Crippen LogP contribution is 2.36. The number of Topliss-reactive ketones (excluding diaryl/α,β-unsaturated/α-hetero) is 1. The third-order valence-corrected chi connectivity index (χ3v) is 5.90. The van der Waals surface area contributed by atoms with Crippen LogP contribution >= 0.6 is 23.4 Å². The van der Waals surface area contributed by atoms with E-state index in [0.29, 0.717) is 22.4 Å². The zero-order valence-corrected chi connectivity index (χ0v) is 17.1. The van der Waals surface area contributed by atoms with E-state index in [1.807, 2.05) is 61.5 Å². The van der Waals surface area contributed by atoms with Crippen LogP contribution in [0.2, 0.25) is 5.02 Å². The lowest BCUT2D eigenvalue weighted by molar-refractivity contribution is -0.114. The number of carbonyl (C=O) groups excluding carboxylic acids is 1. The Morgan fingerprint density at radius 3 is 2.61 bits per heavy atom. The lowest BCUT2D eigenvalue weighted by Crippen LogP contribution is -2.27. The summed E-state index contributed by atoms with van der Waals surface area (Å²) in [4.78, 5) is 17.0. The van der Waals surface area contributed by atoms with Crippen molar-refractivity contribution in [1.82, 2.24) is 14.8 Å². The molecule has 5 nitrogen and oxygen atoms in total. The number of hydrogen-bond acceptors (Lipinski definition) is 5. The second-order valence-corrected chi connectivity index (χ2v) is 7.93. The van der Waals surface area contributed by atoms with E-state index in [1.54, 1.807) is 11.6 Å². The Bertz CT molecular complexity index is 1060. The van der Waals surface area contributed by atoms with Crippen LogP contribution in [-0.2, 0) is 10.5 Å². The molecule has 1 atom stereocenters. The van der Waals surface area contributed by atoms with Gasteiger partial charge in [-0.15, -0.1) is 5.10 Å². The molecule has 0 amide bonds.